The summed E-state index contributed by atoms with van der Waals surface area (Å²) in [6.07, 6.45) is -1.05. The first-order chi connectivity index (χ1) is 11.7. The van der Waals surface area contributed by atoms with Crippen LogP contribution in [0.3, 0.4) is 0 Å². The molecular weight excluding hydrogens is 389 g/mol. The van der Waals surface area contributed by atoms with Crippen LogP contribution in [0.2, 0.25) is 0 Å². The smallest absolute Gasteiger partial charge is 0.269 e. The molecule has 1 atom stereocenters. The number of nitrogens with one attached hydrogen (secondary N) is 2. The first kappa shape index (κ1) is 19.3. The van der Waals surface area contributed by atoms with E-state index in [2.05, 4.69) is 10.6 Å². The number of amides is 1. The second-order valence-corrected chi connectivity index (χ2v) is 7.63. The summed E-state index contributed by atoms with van der Waals surface area (Å²) < 4.78 is -1.85. The van der Waals surface area contributed by atoms with Gasteiger partial charge < -0.3 is 10.6 Å². The van der Waals surface area contributed by atoms with E-state index in [4.69, 9.17) is 34.8 Å². The van der Waals surface area contributed by atoms with Crippen molar-refractivity contribution < 1.29 is 9.72 Å². The quantitative estimate of drug-likeness (QED) is 0.335. The molecule has 2 aromatic rings. The highest BCUT2D eigenvalue weighted by atomic mass is 35.6. The van der Waals surface area contributed by atoms with Gasteiger partial charge in [0.05, 0.1) is 4.92 Å². The lowest BCUT2D eigenvalue weighted by molar-refractivity contribution is -0.384. The molecule has 0 aliphatic carbocycles. The number of nitrogens with zero attached hydrogens (tertiary/aromatic N) is 1. The van der Waals surface area contributed by atoms with Crippen LogP contribution in [0.15, 0.2) is 48.5 Å². The number of carbonyl (C=O) groups is 1. The van der Waals surface area contributed by atoms with E-state index in [1.807, 2.05) is 13.0 Å². The molecule has 2 N–H and O–H groups in total. The molecule has 0 saturated carbocycles. The van der Waals surface area contributed by atoms with Crippen LogP contribution in [-0.4, -0.2) is 20.8 Å². The summed E-state index contributed by atoms with van der Waals surface area (Å²) in [6, 6.07) is 12.5. The van der Waals surface area contributed by atoms with Gasteiger partial charge in [-0.3, -0.25) is 14.9 Å². The van der Waals surface area contributed by atoms with Gasteiger partial charge in [-0.2, -0.15) is 0 Å². The van der Waals surface area contributed by atoms with Gasteiger partial charge >= 0.3 is 0 Å². The lowest BCUT2D eigenvalue weighted by Crippen LogP contribution is -2.49. The maximum atomic E-state index is 12.4. The van der Waals surface area contributed by atoms with Crippen molar-refractivity contribution in [3.8, 4) is 0 Å². The van der Waals surface area contributed by atoms with Crippen LogP contribution in [0.25, 0.3) is 0 Å². The summed E-state index contributed by atoms with van der Waals surface area (Å²) in [5.41, 5.74) is 1.72. The van der Waals surface area contributed by atoms with Crippen molar-refractivity contribution in [3.63, 3.8) is 0 Å². The Hall–Kier alpha value is -2.02. The second kappa shape index (κ2) is 7.91. The molecule has 0 radical (unpaired) electrons. The summed E-state index contributed by atoms with van der Waals surface area (Å²) in [7, 11) is 0. The van der Waals surface area contributed by atoms with E-state index < -0.39 is 20.8 Å². The SMILES string of the molecule is Cc1cccc(C(=O)NC(Nc2ccc([N+](=O)[O-])cc2)C(Cl)(Cl)Cl)c1. The Morgan fingerprint density at radius 3 is 2.32 bits per heavy atom. The molecule has 0 spiro atoms. The molecular formula is C16H14Cl3N3O3. The fraction of sp³-hybridized carbons (Fsp3) is 0.188. The standard InChI is InChI=1S/C16H14Cl3N3O3/c1-10-3-2-4-11(9-10)14(23)21-15(16(17,18)19)20-12-5-7-13(8-6-12)22(24)25/h2-9,15,20H,1H3,(H,21,23). The first-order valence-corrected chi connectivity index (χ1v) is 8.25. The third-order valence-corrected chi connectivity index (χ3v) is 3.93. The van der Waals surface area contributed by atoms with E-state index >= 15 is 0 Å². The van der Waals surface area contributed by atoms with Gasteiger partial charge in [0.1, 0.15) is 6.17 Å². The first-order valence-electron chi connectivity index (χ1n) is 7.12. The number of halogens is 3. The van der Waals surface area contributed by atoms with E-state index in [0.29, 0.717) is 11.3 Å². The number of rotatable bonds is 5. The van der Waals surface area contributed by atoms with E-state index in [1.54, 1.807) is 18.2 Å². The fourth-order valence-corrected chi connectivity index (χ4v) is 2.37. The third kappa shape index (κ3) is 5.49. The van der Waals surface area contributed by atoms with Gasteiger partial charge in [-0.05, 0) is 31.2 Å². The number of nitro benzene ring substituents is 1. The summed E-state index contributed by atoms with van der Waals surface area (Å²) >= 11 is 17.8. The average Bonchev–Trinajstić information content (AvgIpc) is 2.53. The largest absolute Gasteiger partial charge is 0.362 e. The summed E-state index contributed by atoms with van der Waals surface area (Å²) in [5, 5.41) is 16.1. The summed E-state index contributed by atoms with van der Waals surface area (Å²) in [6.45, 7) is 1.86. The molecule has 0 aliphatic rings. The summed E-state index contributed by atoms with van der Waals surface area (Å²) in [5.74, 6) is -0.422. The number of benzene rings is 2. The van der Waals surface area contributed by atoms with Crippen molar-refractivity contribution in [1.29, 1.82) is 0 Å². The van der Waals surface area contributed by atoms with Crippen molar-refractivity contribution in [2.24, 2.45) is 0 Å². The normalized spacial score (nSPS) is 12.3. The lowest BCUT2D eigenvalue weighted by Gasteiger charge is -2.27. The number of hydrogen-bond donors (Lipinski definition) is 2. The van der Waals surface area contributed by atoms with Gasteiger partial charge in [0.25, 0.3) is 11.6 Å². The maximum absolute atomic E-state index is 12.4. The number of aryl methyl sites for hydroxylation is 1. The maximum Gasteiger partial charge on any atom is 0.269 e. The minimum absolute atomic E-state index is 0.0696. The highest BCUT2D eigenvalue weighted by Gasteiger charge is 2.34. The Morgan fingerprint density at radius 2 is 1.80 bits per heavy atom. The van der Waals surface area contributed by atoms with E-state index in [1.165, 1.54) is 24.3 Å². The van der Waals surface area contributed by atoms with Gasteiger partial charge in [0, 0.05) is 23.4 Å². The fourth-order valence-electron chi connectivity index (χ4n) is 2.05. The number of non-ortho nitro benzene ring substituents is 1. The monoisotopic (exact) mass is 401 g/mol. The molecule has 0 heterocycles. The molecule has 0 aromatic heterocycles. The van der Waals surface area contributed by atoms with Crippen molar-refractivity contribution in [3.05, 3.63) is 69.8 Å². The van der Waals surface area contributed by atoms with Crippen LogP contribution in [0.1, 0.15) is 15.9 Å². The molecule has 132 valence electrons. The lowest BCUT2D eigenvalue weighted by atomic mass is 10.1. The van der Waals surface area contributed by atoms with Crippen LogP contribution < -0.4 is 10.6 Å². The predicted molar refractivity (Wildman–Crippen MR) is 99.4 cm³/mol. The zero-order valence-corrected chi connectivity index (χ0v) is 15.3. The van der Waals surface area contributed by atoms with Crippen LogP contribution >= 0.6 is 34.8 Å². The number of anilines is 1. The van der Waals surface area contributed by atoms with Gasteiger partial charge in [0.2, 0.25) is 3.79 Å². The number of carbonyl (C=O) groups excluding carboxylic acids is 1. The van der Waals surface area contributed by atoms with Crippen molar-refractivity contribution in [2.75, 3.05) is 5.32 Å². The third-order valence-electron chi connectivity index (χ3n) is 3.27. The van der Waals surface area contributed by atoms with Crippen LogP contribution in [0.5, 0.6) is 0 Å². The van der Waals surface area contributed by atoms with Crippen LogP contribution in [0, 0.1) is 17.0 Å². The van der Waals surface area contributed by atoms with Gasteiger partial charge in [-0.25, -0.2) is 0 Å². The Balaban J connectivity index is 2.16. The molecule has 0 bridgehead atoms. The van der Waals surface area contributed by atoms with Gasteiger partial charge in [0.15, 0.2) is 0 Å². The minimum Gasteiger partial charge on any atom is -0.362 e. The van der Waals surface area contributed by atoms with Crippen molar-refractivity contribution in [1.82, 2.24) is 5.32 Å². The molecule has 9 heteroatoms. The number of nitro groups is 1. The molecule has 2 rings (SSSR count). The van der Waals surface area contributed by atoms with E-state index in [0.717, 1.165) is 5.56 Å². The number of hydrogen-bond acceptors (Lipinski definition) is 4. The van der Waals surface area contributed by atoms with Gasteiger partial charge in [-0.1, -0.05) is 52.5 Å². The molecule has 1 unspecified atom stereocenters. The highest BCUT2D eigenvalue weighted by Crippen LogP contribution is 2.31. The topological polar surface area (TPSA) is 84.3 Å². The van der Waals surface area contributed by atoms with Crippen molar-refractivity contribution >= 4 is 52.1 Å². The van der Waals surface area contributed by atoms with Crippen LogP contribution in [-0.2, 0) is 0 Å². The Morgan fingerprint density at radius 1 is 1.16 bits per heavy atom. The predicted octanol–water partition coefficient (Wildman–Crippen LogP) is 4.44. The van der Waals surface area contributed by atoms with E-state index in [-0.39, 0.29) is 5.69 Å². The zero-order chi connectivity index (χ0) is 18.6. The Labute approximate surface area is 159 Å². The van der Waals surface area contributed by atoms with Gasteiger partial charge in [-0.15, -0.1) is 0 Å². The van der Waals surface area contributed by atoms with E-state index in [9.17, 15) is 14.9 Å². The molecule has 1 amide bonds. The highest BCUT2D eigenvalue weighted by molar-refractivity contribution is 6.68. The Kier molecular flexibility index (Phi) is 6.11. The molecule has 0 aliphatic heterocycles. The minimum atomic E-state index is -1.85. The molecule has 2 aromatic carbocycles. The number of alkyl halides is 3. The average molecular weight is 403 g/mol. The molecule has 0 saturated heterocycles. The molecule has 25 heavy (non-hydrogen) atoms. The molecule has 6 nitrogen and oxygen atoms in total. The molecule has 0 fully saturated rings. The Bertz CT molecular complexity index is 776. The van der Waals surface area contributed by atoms with Crippen LogP contribution in [0.4, 0.5) is 11.4 Å². The van der Waals surface area contributed by atoms with Crippen molar-refractivity contribution in [2.45, 2.75) is 16.9 Å². The summed E-state index contributed by atoms with van der Waals surface area (Å²) in [4.78, 5) is 22.5. The zero-order valence-electron chi connectivity index (χ0n) is 13.0. The second-order valence-electron chi connectivity index (χ2n) is 5.27.